The highest BCUT2D eigenvalue weighted by molar-refractivity contribution is 5.14. The summed E-state index contributed by atoms with van der Waals surface area (Å²) in [6.45, 7) is 9.22. The van der Waals surface area contributed by atoms with Crippen LogP contribution in [0.3, 0.4) is 0 Å². The maximum absolute atomic E-state index is 3.69. The standard InChI is InChI=1S/C16H26N4/c1-18-9-11-20(12-10-18)16-14-19(8-7-17-16)13-15-5-3-2-4-6-15/h2-6,16-17H,7-14H2,1H3. The summed E-state index contributed by atoms with van der Waals surface area (Å²) in [5, 5.41) is 3.69. The van der Waals surface area contributed by atoms with Gasteiger partial charge in [-0.1, -0.05) is 30.3 Å². The molecule has 1 aromatic carbocycles. The first-order valence-corrected chi connectivity index (χ1v) is 7.73. The minimum Gasteiger partial charge on any atom is -0.304 e. The third-order valence-corrected chi connectivity index (χ3v) is 4.47. The molecule has 0 bridgehead atoms. The number of hydrogen-bond donors (Lipinski definition) is 1. The molecule has 1 N–H and O–H groups in total. The van der Waals surface area contributed by atoms with Crippen molar-refractivity contribution in [3.8, 4) is 0 Å². The quantitative estimate of drug-likeness (QED) is 0.874. The number of nitrogens with zero attached hydrogens (tertiary/aromatic N) is 3. The molecule has 2 heterocycles. The van der Waals surface area contributed by atoms with Crippen LogP contribution >= 0.6 is 0 Å². The number of benzene rings is 1. The lowest BCUT2D eigenvalue weighted by molar-refractivity contribution is 0.0463. The number of rotatable bonds is 3. The minimum atomic E-state index is 0.529. The summed E-state index contributed by atoms with van der Waals surface area (Å²) in [4.78, 5) is 7.60. The molecule has 2 fully saturated rings. The van der Waals surface area contributed by atoms with E-state index in [0.717, 1.165) is 26.2 Å². The molecule has 2 saturated heterocycles. The molecule has 0 spiro atoms. The zero-order valence-corrected chi connectivity index (χ0v) is 12.5. The van der Waals surface area contributed by atoms with E-state index in [4.69, 9.17) is 0 Å². The normalized spacial score (nSPS) is 26.8. The Morgan fingerprint density at radius 1 is 1.05 bits per heavy atom. The van der Waals surface area contributed by atoms with Gasteiger partial charge >= 0.3 is 0 Å². The van der Waals surface area contributed by atoms with Gasteiger partial charge in [-0.15, -0.1) is 0 Å². The maximum Gasteiger partial charge on any atom is 0.0729 e. The van der Waals surface area contributed by atoms with E-state index in [-0.39, 0.29) is 0 Å². The zero-order chi connectivity index (χ0) is 13.8. The Kier molecular flexibility index (Phi) is 4.68. The number of nitrogens with one attached hydrogen (secondary N) is 1. The van der Waals surface area contributed by atoms with E-state index < -0.39 is 0 Å². The number of likely N-dealkylation sites (N-methyl/N-ethyl adjacent to an activating group) is 1. The Morgan fingerprint density at radius 2 is 1.80 bits per heavy atom. The monoisotopic (exact) mass is 274 g/mol. The average Bonchev–Trinajstić information content (AvgIpc) is 2.49. The Balaban J connectivity index is 1.54. The van der Waals surface area contributed by atoms with E-state index in [1.54, 1.807) is 0 Å². The number of hydrogen-bond acceptors (Lipinski definition) is 4. The van der Waals surface area contributed by atoms with Crippen molar-refractivity contribution in [3.63, 3.8) is 0 Å². The smallest absolute Gasteiger partial charge is 0.0729 e. The lowest BCUT2D eigenvalue weighted by Crippen LogP contribution is -2.61. The van der Waals surface area contributed by atoms with Crippen LogP contribution in [0.2, 0.25) is 0 Å². The first kappa shape index (κ1) is 14.0. The van der Waals surface area contributed by atoms with Gasteiger partial charge in [0.05, 0.1) is 6.17 Å². The van der Waals surface area contributed by atoms with Gasteiger partial charge in [0, 0.05) is 52.4 Å². The van der Waals surface area contributed by atoms with Gasteiger partial charge in [-0.25, -0.2) is 0 Å². The van der Waals surface area contributed by atoms with Crippen molar-refractivity contribution in [2.45, 2.75) is 12.7 Å². The Labute approximate surface area is 122 Å². The van der Waals surface area contributed by atoms with Crippen molar-refractivity contribution in [3.05, 3.63) is 35.9 Å². The molecule has 4 nitrogen and oxygen atoms in total. The minimum absolute atomic E-state index is 0.529. The second kappa shape index (κ2) is 6.68. The predicted molar refractivity (Wildman–Crippen MR) is 82.6 cm³/mol. The largest absolute Gasteiger partial charge is 0.304 e. The maximum atomic E-state index is 3.69. The Hall–Kier alpha value is -0.940. The van der Waals surface area contributed by atoms with Crippen LogP contribution in [0.25, 0.3) is 0 Å². The SMILES string of the molecule is CN1CCN(C2CN(Cc3ccccc3)CCN2)CC1. The molecule has 2 aliphatic rings. The summed E-state index contributed by atoms with van der Waals surface area (Å²) in [6.07, 6.45) is 0.529. The Bertz CT molecular complexity index is 400. The lowest BCUT2D eigenvalue weighted by atomic mass is 10.2. The highest BCUT2D eigenvalue weighted by Gasteiger charge is 2.26. The Morgan fingerprint density at radius 3 is 2.55 bits per heavy atom. The van der Waals surface area contributed by atoms with Gasteiger partial charge in [0.1, 0.15) is 0 Å². The van der Waals surface area contributed by atoms with Crippen LogP contribution in [0, 0.1) is 0 Å². The molecule has 0 saturated carbocycles. The fourth-order valence-electron chi connectivity index (χ4n) is 3.15. The fourth-order valence-corrected chi connectivity index (χ4v) is 3.15. The van der Waals surface area contributed by atoms with Gasteiger partial charge in [0.25, 0.3) is 0 Å². The second-order valence-corrected chi connectivity index (χ2v) is 6.03. The molecule has 1 aromatic rings. The van der Waals surface area contributed by atoms with E-state index in [0.29, 0.717) is 6.17 Å². The molecule has 20 heavy (non-hydrogen) atoms. The van der Waals surface area contributed by atoms with E-state index in [9.17, 15) is 0 Å². The molecule has 110 valence electrons. The summed E-state index contributed by atoms with van der Waals surface area (Å²) in [7, 11) is 2.22. The van der Waals surface area contributed by atoms with Crippen LogP contribution in [0.15, 0.2) is 30.3 Å². The third-order valence-electron chi connectivity index (χ3n) is 4.47. The first-order valence-electron chi connectivity index (χ1n) is 7.73. The lowest BCUT2D eigenvalue weighted by Gasteiger charge is -2.43. The number of piperazine rings is 2. The molecule has 2 aliphatic heterocycles. The van der Waals surface area contributed by atoms with Crippen LogP contribution in [0.1, 0.15) is 5.56 Å². The molecule has 4 heteroatoms. The van der Waals surface area contributed by atoms with Crippen molar-refractivity contribution in [2.24, 2.45) is 0 Å². The van der Waals surface area contributed by atoms with Gasteiger partial charge in [0.2, 0.25) is 0 Å². The van der Waals surface area contributed by atoms with E-state index >= 15 is 0 Å². The molecular weight excluding hydrogens is 248 g/mol. The van der Waals surface area contributed by atoms with Crippen molar-refractivity contribution < 1.29 is 0 Å². The molecular formula is C16H26N4. The highest BCUT2D eigenvalue weighted by atomic mass is 15.4. The van der Waals surface area contributed by atoms with E-state index in [2.05, 4.69) is 57.4 Å². The molecule has 0 radical (unpaired) electrons. The predicted octanol–water partition coefficient (Wildman–Crippen LogP) is 0.665. The molecule has 0 amide bonds. The van der Waals surface area contributed by atoms with Crippen LogP contribution in [0.4, 0.5) is 0 Å². The van der Waals surface area contributed by atoms with Crippen LogP contribution < -0.4 is 5.32 Å². The van der Waals surface area contributed by atoms with Gasteiger partial charge < -0.3 is 4.90 Å². The van der Waals surface area contributed by atoms with Crippen molar-refractivity contribution in [2.75, 3.05) is 52.9 Å². The second-order valence-electron chi connectivity index (χ2n) is 6.03. The molecule has 1 unspecified atom stereocenters. The topological polar surface area (TPSA) is 21.8 Å². The van der Waals surface area contributed by atoms with E-state index in [1.165, 1.54) is 31.7 Å². The van der Waals surface area contributed by atoms with Crippen LogP contribution in [-0.4, -0.2) is 73.7 Å². The van der Waals surface area contributed by atoms with Crippen molar-refractivity contribution >= 4 is 0 Å². The summed E-state index contributed by atoms with van der Waals surface area (Å²) in [5.41, 5.74) is 1.42. The summed E-state index contributed by atoms with van der Waals surface area (Å²) in [6, 6.07) is 10.8. The zero-order valence-electron chi connectivity index (χ0n) is 12.5. The van der Waals surface area contributed by atoms with Crippen LogP contribution in [-0.2, 0) is 6.54 Å². The molecule has 0 aliphatic carbocycles. The summed E-state index contributed by atoms with van der Waals surface area (Å²) >= 11 is 0. The third kappa shape index (κ3) is 3.58. The van der Waals surface area contributed by atoms with Crippen molar-refractivity contribution in [1.29, 1.82) is 0 Å². The molecule has 1 atom stereocenters. The first-order chi connectivity index (χ1) is 9.81. The molecule has 3 rings (SSSR count). The van der Waals surface area contributed by atoms with Gasteiger partial charge in [-0.05, 0) is 12.6 Å². The van der Waals surface area contributed by atoms with Crippen molar-refractivity contribution in [1.82, 2.24) is 20.0 Å². The summed E-state index contributed by atoms with van der Waals surface area (Å²) < 4.78 is 0. The van der Waals surface area contributed by atoms with Gasteiger partial charge in [0.15, 0.2) is 0 Å². The van der Waals surface area contributed by atoms with Crippen LogP contribution in [0.5, 0.6) is 0 Å². The highest BCUT2D eigenvalue weighted by Crippen LogP contribution is 2.11. The average molecular weight is 274 g/mol. The summed E-state index contributed by atoms with van der Waals surface area (Å²) in [5.74, 6) is 0. The molecule has 0 aromatic heterocycles. The van der Waals surface area contributed by atoms with Gasteiger partial charge in [-0.3, -0.25) is 15.1 Å². The van der Waals surface area contributed by atoms with E-state index in [1.807, 2.05) is 0 Å². The fraction of sp³-hybridized carbons (Fsp3) is 0.625. The van der Waals surface area contributed by atoms with Gasteiger partial charge in [-0.2, -0.15) is 0 Å².